The van der Waals surface area contributed by atoms with Crippen molar-refractivity contribution >= 4 is 11.7 Å². The molecule has 1 aliphatic rings. The second-order valence-electron chi connectivity index (χ2n) is 7.22. The van der Waals surface area contributed by atoms with Crippen molar-refractivity contribution < 1.29 is 23.1 Å². The standard InChI is InChI=1S/C21H23F2N3O3/c1-12-7-14(8-13(2)20(12)29-11-18(22)23)10-25-21(28)16-5-6-24-19(26-16)9-17(27)15-3-4-15/h5-8,15,18H,3-4,9-11H2,1-2H3,(H,25,28). The first-order chi connectivity index (χ1) is 13.8. The zero-order chi connectivity index (χ0) is 21.0. The number of ether oxygens (including phenoxy) is 1. The highest BCUT2D eigenvalue weighted by atomic mass is 19.3. The van der Waals surface area contributed by atoms with Gasteiger partial charge in [-0.15, -0.1) is 0 Å². The average Bonchev–Trinajstić information content (AvgIpc) is 3.50. The van der Waals surface area contributed by atoms with E-state index >= 15 is 0 Å². The van der Waals surface area contributed by atoms with Gasteiger partial charge in [-0.05, 0) is 49.4 Å². The van der Waals surface area contributed by atoms with Crippen LogP contribution in [0.1, 0.15) is 45.8 Å². The van der Waals surface area contributed by atoms with Gasteiger partial charge in [-0.1, -0.05) is 12.1 Å². The van der Waals surface area contributed by atoms with E-state index in [0.717, 1.165) is 29.5 Å². The van der Waals surface area contributed by atoms with Gasteiger partial charge in [0.05, 0.1) is 6.42 Å². The van der Waals surface area contributed by atoms with Crippen LogP contribution in [0.5, 0.6) is 5.75 Å². The maximum atomic E-state index is 12.4. The summed E-state index contributed by atoms with van der Waals surface area (Å²) in [5.41, 5.74) is 2.45. The molecule has 0 aliphatic heterocycles. The van der Waals surface area contributed by atoms with E-state index in [1.807, 2.05) is 0 Å². The van der Waals surface area contributed by atoms with Crippen LogP contribution in [0, 0.1) is 19.8 Å². The van der Waals surface area contributed by atoms with Crippen LogP contribution in [0.15, 0.2) is 24.4 Å². The Morgan fingerprint density at radius 2 is 1.93 bits per heavy atom. The fraction of sp³-hybridized carbons (Fsp3) is 0.429. The number of hydrogen-bond donors (Lipinski definition) is 1. The Morgan fingerprint density at radius 3 is 2.55 bits per heavy atom. The summed E-state index contributed by atoms with van der Waals surface area (Å²) in [7, 11) is 0. The quantitative estimate of drug-likeness (QED) is 0.696. The third kappa shape index (κ3) is 5.79. The molecule has 3 rings (SSSR count). The molecule has 1 heterocycles. The molecule has 0 spiro atoms. The molecule has 1 aliphatic carbocycles. The topological polar surface area (TPSA) is 81.2 Å². The van der Waals surface area contributed by atoms with Crippen LogP contribution in [0.2, 0.25) is 0 Å². The Hall–Kier alpha value is -2.90. The van der Waals surface area contributed by atoms with Crippen molar-refractivity contribution in [3.05, 3.63) is 52.6 Å². The fourth-order valence-electron chi connectivity index (χ4n) is 3.11. The molecule has 1 aromatic heterocycles. The zero-order valence-corrected chi connectivity index (χ0v) is 16.4. The van der Waals surface area contributed by atoms with E-state index in [1.54, 1.807) is 26.0 Å². The smallest absolute Gasteiger partial charge is 0.272 e. The van der Waals surface area contributed by atoms with Crippen molar-refractivity contribution in [2.24, 2.45) is 5.92 Å². The number of halogens is 2. The number of rotatable bonds is 9. The van der Waals surface area contributed by atoms with Crippen LogP contribution < -0.4 is 10.1 Å². The SMILES string of the molecule is Cc1cc(CNC(=O)c2ccnc(CC(=O)C3CC3)n2)cc(C)c1OCC(F)F. The summed E-state index contributed by atoms with van der Waals surface area (Å²) in [6.07, 6.45) is 0.920. The van der Waals surface area contributed by atoms with Crippen LogP contribution in [-0.2, 0) is 17.8 Å². The Kier molecular flexibility index (Phi) is 6.51. The first kappa shape index (κ1) is 20.8. The molecule has 0 saturated heterocycles. The summed E-state index contributed by atoms with van der Waals surface area (Å²) in [5.74, 6) is 0.640. The van der Waals surface area contributed by atoms with Crippen LogP contribution in [0.4, 0.5) is 8.78 Å². The molecule has 1 saturated carbocycles. The van der Waals surface area contributed by atoms with Crippen LogP contribution in [0.25, 0.3) is 0 Å². The average molecular weight is 403 g/mol. The predicted octanol–water partition coefficient (Wildman–Crippen LogP) is 3.19. The largest absolute Gasteiger partial charge is 0.487 e. The maximum Gasteiger partial charge on any atom is 0.272 e. The number of carbonyl (C=O) groups excluding carboxylic acids is 2. The number of hydrogen-bond acceptors (Lipinski definition) is 5. The summed E-state index contributed by atoms with van der Waals surface area (Å²) in [5, 5.41) is 2.78. The number of alkyl halides is 2. The Morgan fingerprint density at radius 1 is 1.24 bits per heavy atom. The predicted molar refractivity (Wildman–Crippen MR) is 102 cm³/mol. The Bertz CT molecular complexity index is 891. The van der Waals surface area contributed by atoms with Gasteiger partial charge in [-0.2, -0.15) is 0 Å². The summed E-state index contributed by atoms with van der Waals surface area (Å²) in [4.78, 5) is 32.6. The lowest BCUT2D eigenvalue weighted by molar-refractivity contribution is -0.119. The number of aromatic nitrogens is 2. The van der Waals surface area contributed by atoms with Gasteiger partial charge in [-0.25, -0.2) is 18.7 Å². The van der Waals surface area contributed by atoms with Gasteiger partial charge in [0.2, 0.25) is 0 Å². The Balaban J connectivity index is 1.61. The van der Waals surface area contributed by atoms with Crippen molar-refractivity contribution in [2.45, 2.75) is 46.1 Å². The molecule has 6 nitrogen and oxygen atoms in total. The van der Waals surface area contributed by atoms with Crippen LogP contribution in [0.3, 0.4) is 0 Å². The molecule has 29 heavy (non-hydrogen) atoms. The second kappa shape index (κ2) is 9.07. The molecule has 1 N–H and O–H groups in total. The third-order valence-corrected chi connectivity index (χ3v) is 4.63. The molecule has 1 aromatic carbocycles. The van der Waals surface area contributed by atoms with Gasteiger partial charge in [0, 0.05) is 18.7 Å². The van der Waals surface area contributed by atoms with Gasteiger partial charge in [0.1, 0.15) is 29.7 Å². The Labute approximate surface area is 167 Å². The number of nitrogens with one attached hydrogen (secondary N) is 1. The summed E-state index contributed by atoms with van der Waals surface area (Å²) in [6.45, 7) is 3.13. The van der Waals surface area contributed by atoms with Crippen molar-refractivity contribution in [3.63, 3.8) is 0 Å². The molecule has 2 aromatic rings. The molecule has 1 fully saturated rings. The van der Waals surface area contributed by atoms with Gasteiger partial charge < -0.3 is 10.1 Å². The second-order valence-corrected chi connectivity index (χ2v) is 7.22. The van der Waals surface area contributed by atoms with Crippen molar-refractivity contribution in [1.82, 2.24) is 15.3 Å². The zero-order valence-electron chi connectivity index (χ0n) is 16.4. The van der Waals surface area contributed by atoms with Crippen LogP contribution >= 0.6 is 0 Å². The third-order valence-electron chi connectivity index (χ3n) is 4.63. The molecule has 0 atom stereocenters. The fourth-order valence-corrected chi connectivity index (χ4v) is 3.11. The van der Waals surface area contributed by atoms with Crippen LogP contribution in [-0.4, -0.2) is 34.7 Å². The number of carbonyl (C=O) groups is 2. The number of ketones is 1. The molecule has 0 radical (unpaired) electrons. The molecular formula is C21H23F2N3O3. The van der Waals surface area contributed by atoms with Crippen molar-refractivity contribution in [3.8, 4) is 5.75 Å². The van der Waals surface area contributed by atoms with E-state index in [1.165, 1.54) is 12.3 Å². The van der Waals surface area contributed by atoms with E-state index in [4.69, 9.17) is 4.74 Å². The summed E-state index contributed by atoms with van der Waals surface area (Å²) < 4.78 is 29.9. The minimum absolute atomic E-state index is 0.114. The highest BCUT2D eigenvalue weighted by Crippen LogP contribution is 2.30. The molecule has 0 unspecified atom stereocenters. The van der Waals surface area contributed by atoms with Gasteiger partial charge >= 0.3 is 0 Å². The summed E-state index contributed by atoms with van der Waals surface area (Å²) >= 11 is 0. The molecular weight excluding hydrogens is 380 g/mol. The lowest BCUT2D eigenvalue weighted by atomic mass is 10.1. The lowest BCUT2D eigenvalue weighted by Crippen LogP contribution is -2.24. The number of nitrogens with zero attached hydrogens (tertiary/aromatic N) is 2. The maximum absolute atomic E-state index is 12.4. The number of benzene rings is 1. The summed E-state index contributed by atoms with van der Waals surface area (Å²) in [6, 6.07) is 5.07. The van der Waals surface area contributed by atoms with E-state index in [9.17, 15) is 18.4 Å². The van der Waals surface area contributed by atoms with Crippen molar-refractivity contribution in [1.29, 1.82) is 0 Å². The minimum Gasteiger partial charge on any atom is -0.487 e. The number of Topliss-reactive ketones (excluding diaryl/α,β-unsaturated/α-hetero) is 1. The first-order valence-electron chi connectivity index (χ1n) is 9.47. The molecule has 154 valence electrons. The first-order valence-corrected chi connectivity index (χ1v) is 9.47. The molecule has 8 heteroatoms. The van der Waals surface area contributed by atoms with E-state index in [2.05, 4.69) is 15.3 Å². The highest BCUT2D eigenvalue weighted by molar-refractivity contribution is 5.92. The van der Waals surface area contributed by atoms with E-state index in [-0.39, 0.29) is 36.3 Å². The van der Waals surface area contributed by atoms with Gasteiger partial charge in [0.25, 0.3) is 12.3 Å². The van der Waals surface area contributed by atoms with Gasteiger partial charge in [-0.3, -0.25) is 9.59 Å². The minimum atomic E-state index is -2.54. The molecule has 0 bridgehead atoms. The monoisotopic (exact) mass is 403 g/mol. The lowest BCUT2D eigenvalue weighted by Gasteiger charge is -2.14. The van der Waals surface area contributed by atoms with E-state index in [0.29, 0.717) is 11.6 Å². The van der Waals surface area contributed by atoms with E-state index < -0.39 is 13.0 Å². The van der Waals surface area contributed by atoms with Crippen molar-refractivity contribution in [2.75, 3.05) is 6.61 Å². The highest BCUT2D eigenvalue weighted by Gasteiger charge is 2.29. The number of amides is 1. The number of aryl methyl sites for hydroxylation is 2. The van der Waals surface area contributed by atoms with Gasteiger partial charge in [0.15, 0.2) is 0 Å². The normalized spacial score (nSPS) is 13.4. The molecule has 1 amide bonds.